The van der Waals surface area contributed by atoms with E-state index < -0.39 is 0 Å². The molecule has 1 aliphatic rings. The summed E-state index contributed by atoms with van der Waals surface area (Å²) in [4.78, 5) is 6.64. The molecule has 0 saturated carbocycles. The van der Waals surface area contributed by atoms with Crippen LogP contribution in [0.25, 0.3) is 0 Å². The molecule has 1 aromatic heterocycles. The van der Waals surface area contributed by atoms with Gasteiger partial charge in [-0.2, -0.15) is 0 Å². The Balaban J connectivity index is 2.06. The van der Waals surface area contributed by atoms with Crippen LogP contribution < -0.4 is 5.32 Å². The summed E-state index contributed by atoms with van der Waals surface area (Å²) in [6.07, 6.45) is 2.56. The standard InChI is InChI=1S/C11H17N3S/c1-9-5-8-15-10(9)13-11(12-2)14-6-3-4-7-14/h5,8H,3-4,6-7H2,1-2H3,(H,12,13). The number of guanidine groups is 1. The molecule has 1 N–H and O–H groups in total. The second kappa shape index (κ2) is 4.66. The molecule has 3 nitrogen and oxygen atoms in total. The fourth-order valence-electron chi connectivity index (χ4n) is 1.81. The minimum atomic E-state index is 1.01. The third-order valence-corrected chi connectivity index (χ3v) is 3.64. The third-order valence-electron chi connectivity index (χ3n) is 2.70. The first-order valence-electron chi connectivity index (χ1n) is 5.34. The molecule has 0 amide bonds. The van der Waals surface area contributed by atoms with Gasteiger partial charge in [-0.1, -0.05) is 0 Å². The van der Waals surface area contributed by atoms with E-state index in [0.717, 1.165) is 19.0 Å². The van der Waals surface area contributed by atoms with Gasteiger partial charge >= 0.3 is 0 Å². The van der Waals surface area contributed by atoms with Crippen molar-refractivity contribution in [2.24, 2.45) is 4.99 Å². The van der Waals surface area contributed by atoms with Crippen LogP contribution in [-0.4, -0.2) is 31.0 Å². The van der Waals surface area contributed by atoms with Crippen molar-refractivity contribution in [3.05, 3.63) is 17.0 Å². The summed E-state index contributed by atoms with van der Waals surface area (Å²) in [7, 11) is 1.85. The van der Waals surface area contributed by atoms with Gasteiger partial charge in [-0.25, -0.2) is 0 Å². The summed E-state index contributed by atoms with van der Waals surface area (Å²) in [5.41, 5.74) is 1.29. The molecule has 82 valence electrons. The fourth-order valence-corrected chi connectivity index (χ4v) is 2.62. The van der Waals surface area contributed by atoms with Gasteiger partial charge in [0.2, 0.25) is 0 Å². The maximum Gasteiger partial charge on any atom is 0.198 e. The first-order chi connectivity index (χ1) is 7.31. The summed E-state index contributed by atoms with van der Waals surface area (Å²) in [5.74, 6) is 1.01. The van der Waals surface area contributed by atoms with Crippen LogP contribution in [0.1, 0.15) is 18.4 Å². The molecular weight excluding hydrogens is 206 g/mol. The first-order valence-corrected chi connectivity index (χ1v) is 6.22. The molecule has 2 heterocycles. The second-order valence-corrected chi connectivity index (χ2v) is 4.72. The molecule has 1 aliphatic heterocycles. The van der Waals surface area contributed by atoms with E-state index in [-0.39, 0.29) is 0 Å². The molecular formula is C11H17N3S. The van der Waals surface area contributed by atoms with Crippen molar-refractivity contribution in [1.29, 1.82) is 0 Å². The van der Waals surface area contributed by atoms with Crippen molar-refractivity contribution in [1.82, 2.24) is 4.90 Å². The van der Waals surface area contributed by atoms with E-state index >= 15 is 0 Å². The number of aryl methyl sites for hydroxylation is 1. The summed E-state index contributed by atoms with van der Waals surface area (Å²) in [6, 6.07) is 2.13. The number of aliphatic imine (C=N–C) groups is 1. The molecule has 4 heteroatoms. The average molecular weight is 223 g/mol. The highest BCUT2D eigenvalue weighted by Crippen LogP contribution is 2.22. The maximum atomic E-state index is 4.32. The van der Waals surface area contributed by atoms with Crippen LogP contribution >= 0.6 is 11.3 Å². The predicted octanol–water partition coefficient (Wildman–Crippen LogP) is 2.55. The topological polar surface area (TPSA) is 27.6 Å². The number of thiophene rings is 1. The highest BCUT2D eigenvalue weighted by atomic mass is 32.1. The van der Waals surface area contributed by atoms with Crippen molar-refractivity contribution >= 4 is 22.3 Å². The molecule has 0 aliphatic carbocycles. The van der Waals surface area contributed by atoms with Crippen LogP contribution in [0.4, 0.5) is 5.00 Å². The van der Waals surface area contributed by atoms with Gasteiger partial charge in [0, 0.05) is 20.1 Å². The Hall–Kier alpha value is -1.03. The van der Waals surface area contributed by atoms with Gasteiger partial charge in [0.05, 0.1) is 5.00 Å². The molecule has 1 saturated heterocycles. The van der Waals surface area contributed by atoms with Gasteiger partial charge < -0.3 is 10.2 Å². The predicted molar refractivity (Wildman–Crippen MR) is 66.8 cm³/mol. The highest BCUT2D eigenvalue weighted by Gasteiger charge is 2.16. The van der Waals surface area contributed by atoms with Crippen molar-refractivity contribution in [2.45, 2.75) is 19.8 Å². The van der Waals surface area contributed by atoms with E-state index in [9.17, 15) is 0 Å². The zero-order valence-electron chi connectivity index (χ0n) is 9.29. The highest BCUT2D eigenvalue weighted by molar-refractivity contribution is 7.14. The lowest BCUT2D eigenvalue weighted by atomic mass is 10.4. The van der Waals surface area contributed by atoms with Gasteiger partial charge in [0.25, 0.3) is 0 Å². The molecule has 1 aromatic rings. The molecule has 0 spiro atoms. The summed E-state index contributed by atoms with van der Waals surface area (Å²) < 4.78 is 0. The molecule has 0 bridgehead atoms. The smallest absolute Gasteiger partial charge is 0.198 e. The van der Waals surface area contributed by atoms with Crippen LogP contribution in [-0.2, 0) is 0 Å². The molecule has 1 fully saturated rings. The van der Waals surface area contributed by atoms with Gasteiger partial charge in [-0.05, 0) is 36.8 Å². The largest absolute Gasteiger partial charge is 0.343 e. The minimum absolute atomic E-state index is 1.01. The van der Waals surface area contributed by atoms with Crippen LogP contribution in [0.15, 0.2) is 16.4 Å². The van der Waals surface area contributed by atoms with Crippen molar-refractivity contribution in [3.63, 3.8) is 0 Å². The number of hydrogen-bond donors (Lipinski definition) is 1. The van der Waals surface area contributed by atoms with Crippen LogP contribution in [0.3, 0.4) is 0 Å². The lowest BCUT2D eigenvalue weighted by molar-refractivity contribution is 0.517. The lowest BCUT2D eigenvalue weighted by Crippen LogP contribution is -2.33. The number of likely N-dealkylation sites (tertiary alicyclic amines) is 1. The quantitative estimate of drug-likeness (QED) is 0.585. The number of nitrogens with zero attached hydrogens (tertiary/aromatic N) is 2. The second-order valence-electron chi connectivity index (χ2n) is 3.80. The molecule has 0 aromatic carbocycles. The summed E-state index contributed by atoms with van der Waals surface area (Å²) in [5, 5.41) is 6.73. The molecule has 15 heavy (non-hydrogen) atoms. The molecule has 0 unspecified atom stereocenters. The summed E-state index contributed by atoms with van der Waals surface area (Å²) >= 11 is 1.73. The zero-order chi connectivity index (χ0) is 10.7. The van der Waals surface area contributed by atoms with Crippen LogP contribution in [0, 0.1) is 6.92 Å². The van der Waals surface area contributed by atoms with Gasteiger partial charge in [-0.15, -0.1) is 11.3 Å². The summed E-state index contributed by atoms with van der Waals surface area (Å²) in [6.45, 7) is 4.38. The Kier molecular flexibility index (Phi) is 3.26. The Labute approximate surface area is 94.8 Å². The normalized spacial score (nSPS) is 17.2. The van der Waals surface area contributed by atoms with E-state index in [0.29, 0.717) is 0 Å². The van der Waals surface area contributed by atoms with E-state index in [1.165, 1.54) is 23.4 Å². The van der Waals surface area contributed by atoms with Gasteiger partial charge in [0.1, 0.15) is 0 Å². The third kappa shape index (κ3) is 2.31. The van der Waals surface area contributed by atoms with Crippen molar-refractivity contribution in [3.8, 4) is 0 Å². The average Bonchev–Trinajstić information content (AvgIpc) is 2.86. The van der Waals surface area contributed by atoms with E-state index in [2.05, 4.69) is 33.6 Å². The SMILES string of the molecule is CN=C(Nc1sccc1C)N1CCCC1. The Bertz CT molecular complexity index is 350. The monoisotopic (exact) mass is 223 g/mol. The number of anilines is 1. The maximum absolute atomic E-state index is 4.32. The van der Waals surface area contributed by atoms with Crippen molar-refractivity contribution in [2.75, 3.05) is 25.5 Å². The number of rotatable bonds is 1. The first kappa shape index (κ1) is 10.5. The Morgan fingerprint density at radius 3 is 2.73 bits per heavy atom. The Morgan fingerprint density at radius 1 is 1.47 bits per heavy atom. The van der Waals surface area contributed by atoms with Gasteiger partial charge in [0.15, 0.2) is 5.96 Å². The van der Waals surface area contributed by atoms with Gasteiger partial charge in [-0.3, -0.25) is 4.99 Å². The van der Waals surface area contributed by atoms with Crippen LogP contribution in [0.5, 0.6) is 0 Å². The van der Waals surface area contributed by atoms with E-state index in [1.807, 2.05) is 7.05 Å². The van der Waals surface area contributed by atoms with Crippen LogP contribution in [0.2, 0.25) is 0 Å². The zero-order valence-corrected chi connectivity index (χ0v) is 10.1. The minimum Gasteiger partial charge on any atom is -0.343 e. The van der Waals surface area contributed by atoms with E-state index in [1.54, 1.807) is 11.3 Å². The number of nitrogens with one attached hydrogen (secondary N) is 1. The number of hydrogen-bond acceptors (Lipinski definition) is 2. The lowest BCUT2D eigenvalue weighted by Gasteiger charge is -2.20. The molecule has 2 rings (SSSR count). The molecule has 0 radical (unpaired) electrons. The van der Waals surface area contributed by atoms with Crippen molar-refractivity contribution < 1.29 is 0 Å². The Morgan fingerprint density at radius 2 is 2.20 bits per heavy atom. The van der Waals surface area contributed by atoms with E-state index in [4.69, 9.17) is 0 Å². The molecule has 0 atom stereocenters. The fraction of sp³-hybridized carbons (Fsp3) is 0.545.